The van der Waals surface area contributed by atoms with Gasteiger partial charge >= 0.3 is 0 Å². The lowest BCUT2D eigenvalue weighted by Gasteiger charge is -2.27. The van der Waals surface area contributed by atoms with Crippen LogP contribution in [0.25, 0.3) is 0 Å². The fourth-order valence-electron chi connectivity index (χ4n) is 2.33. The van der Waals surface area contributed by atoms with Crippen molar-refractivity contribution in [3.8, 4) is 12.3 Å². The van der Waals surface area contributed by atoms with E-state index in [0.29, 0.717) is 12.0 Å². The number of likely N-dealkylation sites (tertiary alicyclic amines) is 1. The fourth-order valence-corrected chi connectivity index (χ4v) is 2.33. The summed E-state index contributed by atoms with van der Waals surface area (Å²) in [5.41, 5.74) is 0. The van der Waals surface area contributed by atoms with Crippen LogP contribution in [0.2, 0.25) is 0 Å². The first-order valence-electron chi connectivity index (χ1n) is 4.17. The second-order valence-corrected chi connectivity index (χ2v) is 3.59. The van der Waals surface area contributed by atoms with Gasteiger partial charge in [-0.1, -0.05) is 5.92 Å². The highest BCUT2D eigenvalue weighted by Crippen LogP contribution is 2.37. The highest BCUT2D eigenvalue weighted by atomic mass is 16.3. The van der Waals surface area contributed by atoms with Crippen molar-refractivity contribution in [1.29, 1.82) is 0 Å². The molecule has 0 amide bonds. The lowest BCUT2D eigenvalue weighted by Crippen LogP contribution is -2.37. The molecule has 1 heterocycles. The molecule has 11 heavy (non-hydrogen) atoms. The van der Waals surface area contributed by atoms with E-state index in [-0.39, 0.29) is 6.10 Å². The summed E-state index contributed by atoms with van der Waals surface area (Å²) in [7, 11) is 0. The summed E-state index contributed by atoms with van der Waals surface area (Å²) < 4.78 is 0. The summed E-state index contributed by atoms with van der Waals surface area (Å²) in [6.45, 7) is 1.77. The lowest BCUT2D eigenvalue weighted by molar-refractivity contribution is 0.0800. The summed E-state index contributed by atoms with van der Waals surface area (Å²) in [6, 6.07) is 0.575. The van der Waals surface area contributed by atoms with Gasteiger partial charge in [0.2, 0.25) is 0 Å². The fraction of sp³-hybridized carbons (Fsp3) is 0.778. The van der Waals surface area contributed by atoms with Crippen LogP contribution in [0.3, 0.4) is 0 Å². The number of nitrogens with zero attached hydrogens (tertiary/aromatic N) is 1. The number of terminal acetylenes is 1. The molecule has 0 radical (unpaired) electrons. The zero-order valence-electron chi connectivity index (χ0n) is 6.53. The second kappa shape index (κ2) is 2.51. The van der Waals surface area contributed by atoms with Crippen LogP contribution < -0.4 is 0 Å². The number of aliphatic hydroxyl groups excluding tert-OH is 1. The van der Waals surface area contributed by atoms with Crippen LogP contribution in [-0.4, -0.2) is 35.2 Å². The van der Waals surface area contributed by atoms with Gasteiger partial charge in [-0.25, -0.2) is 0 Å². The van der Waals surface area contributed by atoms with Crippen molar-refractivity contribution >= 4 is 0 Å². The molecule has 2 fully saturated rings. The van der Waals surface area contributed by atoms with Crippen molar-refractivity contribution < 1.29 is 5.11 Å². The van der Waals surface area contributed by atoms with E-state index in [0.717, 1.165) is 25.9 Å². The van der Waals surface area contributed by atoms with Crippen molar-refractivity contribution in [2.45, 2.75) is 25.0 Å². The third kappa shape index (κ3) is 1.05. The Balaban J connectivity index is 1.98. The van der Waals surface area contributed by atoms with Crippen molar-refractivity contribution in [1.82, 2.24) is 4.90 Å². The topological polar surface area (TPSA) is 23.5 Å². The molecule has 3 atom stereocenters. The van der Waals surface area contributed by atoms with E-state index in [9.17, 15) is 5.11 Å². The summed E-state index contributed by atoms with van der Waals surface area (Å²) in [5.74, 6) is 3.16. The maximum atomic E-state index is 9.43. The van der Waals surface area contributed by atoms with E-state index >= 15 is 0 Å². The van der Waals surface area contributed by atoms with Crippen molar-refractivity contribution in [3.05, 3.63) is 0 Å². The van der Waals surface area contributed by atoms with E-state index in [1.54, 1.807) is 0 Å². The van der Waals surface area contributed by atoms with Gasteiger partial charge in [0.15, 0.2) is 0 Å². The Bertz CT molecular complexity index is 194. The summed E-state index contributed by atoms with van der Waals surface area (Å²) >= 11 is 0. The molecule has 1 aliphatic carbocycles. The largest absolute Gasteiger partial charge is 0.393 e. The molecule has 1 N–H and O–H groups in total. The molecule has 0 aromatic rings. The Labute approximate surface area is 67.2 Å². The third-order valence-corrected chi connectivity index (χ3v) is 2.91. The van der Waals surface area contributed by atoms with Gasteiger partial charge in [-0.3, -0.25) is 4.90 Å². The first kappa shape index (κ1) is 7.15. The maximum Gasteiger partial charge on any atom is 0.0601 e. The second-order valence-electron chi connectivity index (χ2n) is 3.59. The molecule has 2 aliphatic rings. The maximum absolute atomic E-state index is 9.43. The highest BCUT2D eigenvalue weighted by molar-refractivity contribution is 5.01. The Hall–Kier alpha value is -0.520. The average Bonchev–Trinajstić information content (AvgIpc) is 2.47. The van der Waals surface area contributed by atoms with Crippen LogP contribution >= 0.6 is 0 Å². The minimum atomic E-state index is -0.0472. The van der Waals surface area contributed by atoms with Crippen LogP contribution in [0, 0.1) is 18.3 Å². The number of hydrogen-bond donors (Lipinski definition) is 1. The molecule has 1 saturated heterocycles. The van der Waals surface area contributed by atoms with Crippen molar-refractivity contribution in [2.24, 2.45) is 5.92 Å². The minimum Gasteiger partial charge on any atom is -0.393 e. The first-order valence-corrected chi connectivity index (χ1v) is 4.17. The van der Waals surface area contributed by atoms with Crippen molar-refractivity contribution in [2.75, 3.05) is 13.1 Å². The van der Waals surface area contributed by atoms with Gasteiger partial charge in [-0.15, -0.1) is 6.42 Å². The van der Waals surface area contributed by atoms with E-state index in [4.69, 9.17) is 6.42 Å². The van der Waals surface area contributed by atoms with Gasteiger partial charge in [-0.2, -0.15) is 0 Å². The number of aliphatic hydroxyl groups is 1. The Kier molecular flexibility index (Phi) is 1.63. The van der Waals surface area contributed by atoms with E-state index in [2.05, 4.69) is 10.8 Å². The summed E-state index contributed by atoms with van der Waals surface area (Å²) in [5, 5.41) is 9.43. The smallest absolute Gasteiger partial charge is 0.0601 e. The van der Waals surface area contributed by atoms with Gasteiger partial charge in [0.1, 0.15) is 0 Å². The molecule has 3 unspecified atom stereocenters. The molecular weight excluding hydrogens is 138 g/mol. The predicted octanol–water partition coefficient (Wildman–Crippen LogP) is 0.0747. The molecule has 2 heteroatoms. The molecule has 0 aromatic heterocycles. The number of hydrogen-bond acceptors (Lipinski definition) is 2. The highest BCUT2D eigenvalue weighted by Gasteiger charge is 2.43. The number of rotatable bonds is 1. The Morgan fingerprint density at radius 2 is 2.36 bits per heavy atom. The zero-order chi connectivity index (χ0) is 7.84. The number of piperidine rings is 1. The molecule has 2 nitrogen and oxygen atoms in total. The standard InChI is InChI=1S/C9H13NO/c1-2-3-10-6-7-4-8(10)5-9(7)11/h1,7-9,11H,3-6H2. The lowest BCUT2D eigenvalue weighted by atomic mass is 10.1. The van der Waals surface area contributed by atoms with Gasteiger partial charge < -0.3 is 5.11 Å². The van der Waals surface area contributed by atoms with Crippen LogP contribution in [0.4, 0.5) is 0 Å². The van der Waals surface area contributed by atoms with Crippen LogP contribution in [0.5, 0.6) is 0 Å². The van der Waals surface area contributed by atoms with Crippen molar-refractivity contribution in [3.63, 3.8) is 0 Å². The molecule has 2 rings (SSSR count). The monoisotopic (exact) mass is 151 g/mol. The first-order chi connectivity index (χ1) is 5.31. The number of fused-ring (bicyclic) bond motifs is 2. The van der Waals surface area contributed by atoms with Gasteiger partial charge in [0.05, 0.1) is 12.6 Å². The molecule has 60 valence electrons. The van der Waals surface area contributed by atoms with E-state index in [1.165, 1.54) is 0 Å². The summed E-state index contributed by atoms with van der Waals surface area (Å²) in [4.78, 5) is 2.30. The van der Waals surface area contributed by atoms with E-state index < -0.39 is 0 Å². The molecular formula is C9H13NO. The Morgan fingerprint density at radius 3 is 2.82 bits per heavy atom. The van der Waals surface area contributed by atoms with E-state index in [1.807, 2.05) is 0 Å². The predicted molar refractivity (Wildman–Crippen MR) is 42.9 cm³/mol. The summed E-state index contributed by atoms with van der Waals surface area (Å²) in [6.07, 6.45) is 7.27. The average molecular weight is 151 g/mol. The van der Waals surface area contributed by atoms with Crippen LogP contribution in [0.15, 0.2) is 0 Å². The van der Waals surface area contributed by atoms with Gasteiger partial charge in [0.25, 0.3) is 0 Å². The quantitative estimate of drug-likeness (QED) is 0.536. The van der Waals surface area contributed by atoms with Gasteiger partial charge in [-0.05, 0) is 18.8 Å². The molecule has 2 bridgehead atoms. The SMILES string of the molecule is C#CCN1CC2CC1CC2O. The minimum absolute atomic E-state index is 0.0472. The van der Waals surface area contributed by atoms with Crippen LogP contribution in [-0.2, 0) is 0 Å². The normalized spacial score (nSPS) is 42.7. The van der Waals surface area contributed by atoms with Gasteiger partial charge in [0, 0.05) is 12.6 Å². The van der Waals surface area contributed by atoms with Crippen LogP contribution in [0.1, 0.15) is 12.8 Å². The Morgan fingerprint density at radius 1 is 1.55 bits per heavy atom. The molecule has 1 saturated carbocycles. The molecule has 1 aliphatic heterocycles. The molecule has 0 spiro atoms. The zero-order valence-corrected chi connectivity index (χ0v) is 6.53. The third-order valence-electron chi connectivity index (χ3n) is 2.91. The molecule has 0 aromatic carbocycles.